The number of carbonyl (C=O) groups is 2. The number of ether oxygens (including phenoxy) is 1. The highest BCUT2D eigenvalue weighted by molar-refractivity contribution is 7.10. The molecule has 1 saturated heterocycles. The average Bonchev–Trinajstić information content (AvgIpc) is 3.15. The molecule has 1 aromatic carbocycles. The topological polar surface area (TPSA) is 71.5 Å². The van der Waals surface area contributed by atoms with Crippen LogP contribution in [0.3, 0.4) is 0 Å². The molecule has 26 heavy (non-hydrogen) atoms. The second-order valence-electron chi connectivity index (χ2n) is 6.28. The van der Waals surface area contributed by atoms with Crippen LogP contribution >= 0.6 is 11.3 Å². The van der Waals surface area contributed by atoms with E-state index in [9.17, 15) is 9.59 Å². The van der Waals surface area contributed by atoms with Gasteiger partial charge >= 0.3 is 0 Å². The van der Waals surface area contributed by atoms with Crippen LogP contribution in [-0.2, 0) is 20.9 Å². The first-order chi connectivity index (χ1) is 12.7. The first kappa shape index (κ1) is 18.5. The molecule has 1 fully saturated rings. The summed E-state index contributed by atoms with van der Waals surface area (Å²) in [7, 11) is 1.61. The molecule has 138 valence electrons. The van der Waals surface area contributed by atoms with Crippen LogP contribution in [0.15, 0.2) is 35.8 Å². The van der Waals surface area contributed by atoms with E-state index < -0.39 is 0 Å². The highest BCUT2D eigenvalue weighted by atomic mass is 32.1. The summed E-state index contributed by atoms with van der Waals surface area (Å²) in [6, 6.07) is 9.95. The highest BCUT2D eigenvalue weighted by Crippen LogP contribution is 2.25. The molecule has 1 N–H and O–H groups in total. The average molecular weight is 373 g/mol. The number of aromatic nitrogens is 1. The third kappa shape index (κ3) is 4.47. The van der Waals surface area contributed by atoms with Gasteiger partial charge in [0.05, 0.1) is 35.2 Å². The lowest BCUT2D eigenvalue weighted by molar-refractivity contribution is -0.138. The molecule has 0 saturated carbocycles. The van der Waals surface area contributed by atoms with Crippen LogP contribution in [0.1, 0.15) is 17.7 Å². The summed E-state index contributed by atoms with van der Waals surface area (Å²) in [5, 5.41) is 3.02. The zero-order valence-corrected chi connectivity index (χ0v) is 15.6. The number of rotatable bonds is 7. The number of hydrogen-bond acceptors (Lipinski definition) is 5. The quantitative estimate of drug-likeness (QED) is 0.808. The van der Waals surface area contributed by atoms with Crippen LogP contribution in [0.4, 0.5) is 0 Å². The van der Waals surface area contributed by atoms with Crippen molar-refractivity contribution in [1.29, 1.82) is 0 Å². The zero-order valence-electron chi connectivity index (χ0n) is 14.8. The largest absolute Gasteiger partial charge is 0.383 e. The van der Waals surface area contributed by atoms with Crippen LogP contribution in [0.25, 0.3) is 11.3 Å². The van der Waals surface area contributed by atoms with Gasteiger partial charge < -0.3 is 15.0 Å². The number of nitrogens with zero attached hydrogens (tertiary/aromatic N) is 2. The van der Waals surface area contributed by atoms with E-state index in [4.69, 9.17) is 4.74 Å². The molecular formula is C19H23N3O3S. The molecule has 0 radical (unpaired) electrons. The number of hydrogen-bond donors (Lipinski definition) is 1. The lowest BCUT2D eigenvalue weighted by Gasteiger charge is -2.31. The Morgan fingerprint density at radius 1 is 1.38 bits per heavy atom. The predicted octanol–water partition coefficient (Wildman–Crippen LogP) is 2.31. The van der Waals surface area contributed by atoms with Crippen molar-refractivity contribution in [2.75, 3.05) is 26.8 Å². The van der Waals surface area contributed by atoms with E-state index in [0.717, 1.165) is 16.1 Å². The van der Waals surface area contributed by atoms with E-state index in [0.29, 0.717) is 39.1 Å². The summed E-state index contributed by atoms with van der Waals surface area (Å²) in [5.41, 5.74) is 3.76. The Kier molecular flexibility index (Phi) is 6.35. The summed E-state index contributed by atoms with van der Waals surface area (Å²) in [6.45, 7) is 1.94. The van der Waals surface area contributed by atoms with Crippen molar-refractivity contribution in [2.45, 2.75) is 19.4 Å². The Bertz CT molecular complexity index is 747. The minimum Gasteiger partial charge on any atom is -0.383 e. The maximum absolute atomic E-state index is 12.6. The number of piperidine rings is 1. The van der Waals surface area contributed by atoms with E-state index in [1.54, 1.807) is 17.5 Å². The molecule has 6 nitrogen and oxygen atoms in total. The van der Waals surface area contributed by atoms with E-state index in [1.807, 2.05) is 30.3 Å². The number of benzene rings is 1. The fourth-order valence-corrected chi connectivity index (χ4v) is 3.81. The molecule has 0 unspecified atom stereocenters. The van der Waals surface area contributed by atoms with Crippen LogP contribution in [0.5, 0.6) is 0 Å². The highest BCUT2D eigenvalue weighted by Gasteiger charge is 2.30. The van der Waals surface area contributed by atoms with Crippen molar-refractivity contribution in [3.8, 4) is 11.3 Å². The summed E-state index contributed by atoms with van der Waals surface area (Å²) in [4.78, 5) is 31.7. The summed E-state index contributed by atoms with van der Waals surface area (Å²) >= 11 is 1.54. The number of likely N-dealkylation sites (tertiary alicyclic amines) is 1. The van der Waals surface area contributed by atoms with Gasteiger partial charge in [-0.15, -0.1) is 11.3 Å². The number of carbonyl (C=O) groups excluding carboxylic acids is 2. The minimum absolute atomic E-state index is 0.00710. The van der Waals surface area contributed by atoms with Gasteiger partial charge in [-0.25, -0.2) is 4.98 Å². The third-order valence-electron chi connectivity index (χ3n) is 4.55. The van der Waals surface area contributed by atoms with Gasteiger partial charge in [-0.05, 0) is 6.42 Å². The van der Waals surface area contributed by atoms with Crippen molar-refractivity contribution < 1.29 is 14.3 Å². The van der Waals surface area contributed by atoms with Crippen LogP contribution in [0, 0.1) is 5.92 Å². The van der Waals surface area contributed by atoms with Crippen LogP contribution in [-0.4, -0.2) is 48.5 Å². The van der Waals surface area contributed by atoms with E-state index in [1.165, 1.54) is 11.3 Å². The second kappa shape index (κ2) is 8.91. The Hall–Kier alpha value is -2.25. The lowest BCUT2D eigenvalue weighted by Crippen LogP contribution is -2.46. The molecule has 1 aliphatic heterocycles. The van der Waals surface area contributed by atoms with Crippen molar-refractivity contribution in [3.05, 3.63) is 40.7 Å². The molecule has 1 aromatic heterocycles. The fraction of sp³-hybridized carbons (Fsp3) is 0.421. The Morgan fingerprint density at radius 2 is 2.19 bits per heavy atom. The fourth-order valence-electron chi connectivity index (χ4n) is 3.09. The third-order valence-corrected chi connectivity index (χ3v) is 5.38. The van der Waals surface area contributed by atoms with E-state index in [2.05, 4.69) is 10.3 Å². The number of thiazole rings is 1. The molecule has 0 aliphatic carbocycles. The molecule has 0 bridgehead atoms. The van der Waals surface area contributed by atoms with Gasteiger partial charge in [-0.3, -0.25) is 9.59 Å². The molecule has 1 atom stereocenters. The Morgan fingerprint density at radius 3 is 2.96 bits per heavy atom. The number of amides is 2. The first-order valence-corrected chi connectivity index (χ1v) is 9.59. The second-order valence-corrected chi connectivity index (χ2v) is 7.22. The summed E-state index contributed by atoms with van der Waals surface area (Å²) in [6.07, 6.45) is 1.01. The molecule has 2 heterocycles. The lowest BCUT2D eigenvalue weighted by atomic mass is 9.96. The van der Waals surface area contributed by atoms with Crippen molar-refractivity contribution in [1.82, 2.24) is 15.2 Å². The normalized spacial score (nSPS) is 17.3. The van der Waals surface area contributed by atoms with E-state index in [-0.39, 0.29) is 17.7 Å². The summed E-state index contributed by atoms with van der Waals surface area (Å²) in [5.74, 6) is -0.0788. The van der Waals surface area contributed by atoms with Gasteiger partial charge in [0.25, 0.3) is 0 Å². The Balaban J connectivity index is 1.58. The van der Waals surface area contributed by atoms with Crippen molar-refractivity contribution in [3.63, 3.8) is 0 Å². The first-order valence-electron chi connectivity index (χ1n) is 8.71. The van der Waals surface area contributed by atoms with Gasteiger partial charge in [-0.1, -0.05) is 30.3 Å². The van der Waals surface area contributed by atoms with Crippen molar-refractivity contribution >= 4 is 23.2 Å². The molecule has 2 amide bonds. The smallest absolute Gasteiger partial charge is 0.225 e. The van der Waals surface area contributed by atoms with Gasteiger partial charge in [0.2, 0.25) is 11.8 Å². The molecule has 7 heteroatoms. The van der Waals surface area contributed by atoms with Crippen LogP contribution in [0.2, 0.25) is 0 Å². The maximum atomic E-state index is 12.6. The number of methoxy groups -OCH3 is 1. The van der Waals surface area contributed by atoms with Gasteiger partial charge in [0.1, 0.15) is 0 Å². The van der Waals surface area contributed by atoms with E-state index >= 15 is 0 Å². The van der Waals surface area contributed by atoms with Gasteiger partial charge in [-0.2, -0.15) is 0 Å². The SMILES string of the molecule is COCCN1C[C@H](C(=O)NCc2scnc2-c2ccccc2)CCC1=O. The Labute approximate surface area is 157 Å². The predicted molar refractivity (Wildman–Crippen MR) is 101 cm³/mol. The van der Waals surface area contributed by atoms with Gasteiger partial charge in [0.15, 0.2) is 0 Å². The molecule has 0 spiro atoms. The van der Waals surface area contributed by atoms with Crippen molar-refractivity contribution in [2.24, 2.45) is 5.92 Å². The molecule has 3 rings (SSSR count). The zero-order chi connectivity index (χ0) is 18.4. The monoisotopic (exact) mass is 373 g/mol. The minimum atomic E-state index is -0.169. The molecular weight excluding hydrogens is 350 g/mol. The van der Waals surface area contributed by atoms with Gasteiger partial charge in [0, 0.05) is 32.2 Å². The standard InChI is InChI=1S/C19H23N3O3S/c1-25-10-9-22-12-15(7-8-17(22)23)19(24)20-11-16-18(21-13-26-16)14-5-3-2-4-6-14/h2-6,13,15H,7-12H2,1H3,(H,20,24)/t15-/m1/s1. The number of nitrogens with one attached hydrogen (secondary N) is 1. The van der Waals surface area contributed by atoms with Crippen LogP contribution < -0.4 is 5.32 Å². The summed E-state index contributed by atoms with van der Waals surface area (Å²) < 4.78 is 5.04. The molecule has 1 aliphatic rings. The molecule has 2 aromatic rings. The maximum Gasteiger partial charge on any atom is 0.225 e.